The zero-order valence-electron chi connectivity index (χ0n) is 17.3. The first kappa shape index (κ1) is 19.3. The molecule has 2 heterocycles. The molecule has 0 saturated heterocycles. The number of aryl methyl sites for hydroxylation is 2. The minimum atomic E-state index is 0.0299. The molecule has 5 heteroatoms. The summed E-state index contributed by atoms with van der Waals surface area (Å²) in [6, 6.07) is 8.82. The van der Waals surface area contributed by atoms with Gasteiger partial charge in [-0.3, -0.25) is 9.69 Å². The van der Waals surface area contributed by atoms with E-state index in [1.807, 2.05) is 0 Å². The zero-order chi connectivity index (χ0) is 19.9. The molecule has 0 aliphatic heterocycles. The number of fused-ring (bicyclic) bond motifs is 3. The highest BCUT2D eigenvalue weighted by Gasteiger charge is 2.20. The SMILES string of the molecule is CN(Cc1ccc(C(C)(C)C)cc1)Cc1nc2sc3c(c2c(=O)[nH]1)CCCC3. The van der Waals surface area contributed by atoms with Gasteiger partial charge in [0.1, 0.15) is 10.7 Å². The van der Waals surface area contributed by atoms with Crippen molar-refractivity contribution in [2.75, 3.05) is 7.05 Å². The summed E-state index contributed by atoms with van der Waals surface area (Å²) < 4.78 is 0. The number of rotatable bonds is 4. The molecule has 0 atom stereocenters. The van der Waals surface area contributed by atoms with Gasteiger partial charge in [-0.1, -0.05) is 45.0 Å². The summed E-state index contributed by atoms with van der Waals surface area (Å²) in [5.41, 5.74) is 4.06. The van der Waals surface area contributed by atoms with E-state index in [9.17, 15) is 4.79 Å². The minimum Gasteiger partial charge on any atom is -0.309 e. The maximum absolute atomic E-state index is 12.7. The molecule has 0 fully saturated rings. The van der Waals surface area contributed by atoms with Crippen molar-refractivity contribution in [1.29, 1.82) is 0 Å². The number of aromatic nitrogens is 2. The van der Waals surface area contributed by atoms with Crippen molar-refractivity contribution >= 4 is 21.6 Å². The molecule has 0 spiro atoms. The van der Waals surface area contributed by atoms with Gasteiger partial charge in [-0.05, 0) is 54.8 Å². The summed E-state index contributed by atoms with van der Waals surface area (Å²) in [6.07, 6.45) is 4.51. The number of hydrogen-bond donors (Lipinski definition) is 1. The highest BCUT2D eigenvalue weighted by atomic mass is 32.1. The lowest BCUT2D eigenvalue weighted by atomic mass is 9.87. The molecule has 1 aliphatic rings. The van der Waals surface area contributed by atoms with E-state index in [-0.39, 0.29) is 11.0 Å². The number of aromatic amines is 1. The second-order valence-corrected chi connectivity index (χ2v) is 10.1. The lowest BCUT2D eigenvalue weighted by Gasteiger charge is -2.20. The van der Waals surface area contributed by atoms with Crippen LogP contribution >= 0.6 is 11.3 Å². The molecule has 4 nitrogen and oxygen atoms in total. The highest BCUT2D eigenvalue weighted by molar-refractivity contribution is 7.18. The monoisotopic (exact) mass is 395 g/mol. The summed E-state index contributed by atoms with van der Waals surface area (Å²) >= 11 is 1.71. The molecule has 0 amide bonds. The van der Waals surface area contributed by atoms with Crippen molar-refractivity contribution in [1.82, 2.24) is 14.9 Å². The Morgan fingerprint density at radius 1 is 1.11 bits per heavy atom. The van der Waals surface area contributed by atoms with Gasteiger partial charge in [-0.15, -0.1) is 11.3 Å². The maximum Gasteiger partial charge on any atom is 0.259 e. The van der Waals surface area contributed by atoms with Crippen LogP contribution in [0.1, 0.15) is 61.0 Å². The molecule has 1 N–H and O–H groups in total. The first-order valence-corrected chi connectivity index (χ1v) is 10.9. The third-order valence-corrected chi connectivity index (χ3v) is 6.75. The highest BCUT2D eigenvalue weighted by Crippen LogP contribution is 2.33. The van der Waals surface area contributed by atoms with Gasteiger partial charge in [0.05, 0.1) is 11.9 Å². The predicted molar refractivity (Wildman–Crippen MR) is 117 cm³/mol. The fraction of sp³-hybridized carbons (Fsp3) is 0.478. The van der Waals surface area contributed by atoms with Gasteiger partial charge in [0.25, 0.3) is 5.56 Å². The maximum atomic E-state index is 12.7. The topological polar surface area (TPSA) is 49.0 Å². The van der Waals surface area contributed by atoms with E-state index in [4.69, 9.17) is 4.98 Å². The molecule has 4 rings (SSSR count). The lowest BCUT2D eigenvalue weighted by Crippen LogP contribution is -2.22. The van der Waals surface area contributed by atoms with Crippen LogP contribution in [0.25, 0.3) is 10.2 Å². The molecule has 2 aromatic heterocycles. The van der Waals surface area contributed by atoms with Crippen molar-refractivity contribution < 1.29 is 0 Å². The van der Waals surface area contributed by atoms with Crippen molar-refractivity contribution in [3.05, 3.63) is 62.0 Å². The van der Waals surface area contributed by atoms with E-state index in [0.29, 0.717) is 6.54 Å². The Hall–Kier alpha value is -1.98. The summed E-state index contributed by atoms with van der Waals surface area (Å²) in [6.45, 7) is 8.15. The van der Waals surface area contributed by atoms with Crippen molar-refractivity contribution in [3.8, 4) is 0 Å². The number of nitrogens with zero attached hydrogens (tertiary/aromatic N) is 2. The van der Waals surface area contributed by atoms with Crippen LogP contribution in [-0.4, -0.2) is 21.9 Å². The van der Waals surface area contributed by atoms with Crippen molar-refractivity contribution in [2.45, 2.75) is 65.0 Å². The molecule has 28 heavy (non-hydrogen) atoms. The van der Waals surface area contributed by atoms with Crippen molar-refractivity contribution in [3.63, 3.8) is 0 Å². The second kappa shape index (κ2) is 7.45. The van der Waals surface area contributed by atoms with E-state index < -0.39 is 0 Å². The Bertz CT molecular complexity index is 1040. The normalized spacial score (nSPS) is 14.6. The Kier molecular flexibility index (Phi) is 5.15. The van der Waals surface area contributed by atoms with Crippen LogP contribution in [0.15, 0.2) is 29.1 Å². The molecular formula is C23H29N3OS. The summed E-state index contributed by atoms with van der Waals surface area (Å²) in [5, 5.41) is 0.837. The van der Waals surface area contributed by atoms with Gasteiger partial charge in [-0.25, -0.2) is 4.98 Å². The summed E-state index contributed by atoms with van der Waals surface area (Å²) in [4.78, 5) is 25.0. The molecule has 3 aromatic rings. The number of H-pyrrole nitrogens is 1. The average Bonchev–Trinajstić information content (AvgIpc) is 3.00. The van der Waals surface area contributed by atoms with Gasteiger partial charge >= 0.3 is 0 Å². The van der Waals surface area contributed by atoms with Crippen LogP contribution in [-0.2, 0) is 31.3 Å². The smallest absolute Gasteiger partial charge is 0.259 e. The molecule has 0 unspecified atom stereocenters. The molecular weight excluding hydrogens is 366 g/mol. The van der Waals surface area contributed by atoms with Gasteiger partial charge in [-0.2, -0.15) is 0 Å². The first-order valence-electron chi connectivity index (χ1n) is 10.1. The van der Waals surface area contributed by atoms with E-state index in [2.05, 4.69) is 62.0 Å². The Balaban J connectivity index is 1.51. The van der Waals surface area contributed by atoms with Crippen LogP contribution in [0.3, 0.4) is 0 Å². The number of nitrogens with one attached hydrogen (secondary N) is 1. The molecule has 0 radical (unpaired) electrons. The molecule has 148 valence electrons. The lowest BCUT2D eigenvalue weighted by molar-refractivity contribution is 0.310. The molecule has 0 saturated carbocycles. The van der Waals surface area contributed by atoms with Crippen LogP contribution < -0.4 is 5.56 Å². The van der Waals surface area contributed by atoms with Crippen molar-refractivity contribution in [2.24, 2.45) is 0 Å². The zero-order valence-corrected chi connectivity index (χ0v) is 18.1. The quantitative estimate of drug-likeness (QED) is 0.691. The van der Waals surface area contributed by atoms with E-state index in [1.165, 1.54) is 34.4 Å². The van der Waals surface area contributed by atoms with Crippen LogP contribution in [0.2, 0.25) is 0 Å². The Morgan fingerprint density at radius 2 is 1.82 bits per heavy atom. The molecule has 0 bridgehead atoms. The van der Waals surface area contributed by atoms with E-state index in [1.54, 1.807) is 11.3 Å². The van der Waals surface area contributed by atoms with Crippen LogP contribution in [0, 0.1) is 0 Å². The van der Waals surface area contributed by atoms with Gasteiger partial charge in [0.15, 0.2) is 0 Å². The molecule has 1 aromatic carbocycles. The van der Waals surface area contributed by atoms with Gasteiger partial charge in [0, 0.05) is 11.4 Å². The second-order valence-electron chi connectivity index (χ2n) is 9.02. The average molecular weight is 396 g/mol. The summed E-state index contributed by atoms with van der Waals surface area (Å²) in [5.74, 6) is 0.755. The Morgan fingerprint density at radius 3 is 2.54 bits per heavy atom. The third-order valence-electron chi connectivity index (χ3n) is 5.57. The van der Waals surface area contributed by atoms with E-state index in [0.717, 1.165) is 35.4 Å². The fourth-order valence-electron chi connectivity index (χ4n) is 4.02. The predicted octanol–water partition coefficient (Wildman–Crippen LogP) is 4.79. The number of benzene rings is 1. The standard InChI is InChI=1S/C23H29N3OS/c1-23(2,3)16-11-9-15(10-12-16)13-26(4)14-19-24-21(27)20-17-7-5-6-8-18(17)28-22(20)25-19/h9-12H,5-8,13-14H2,1-4H3,(H,24,25,27). The van der Waals surface area contributed by atoms with Gasteiger partial charge in [0.2, 0.25) is 0 Å². The molecule has 1 aliphatic carbocycles. The fourth-order valence-corrected chi connectivity index (χ4v) is 5.30. The van der Waals surface area contributed by atoms with E-state index >= 15 is 0 Å². The van der Waals surface area contributed by atoms with Crippen LogP contribution in [0.5, 0.6) is 0 Å². The Labute approximate surface area is 170 Å². The van der Waals surface area contributed by atoms with Gasteiger partial charge < -0.3 is 4.98 Å². The first-order chi connectivity index (χ1) is 13.3. The number of thiophene rings is 1. The third kappa shape index (κ3) is 3.91. The minimum absolute atomic E-state index is 0.0299. The largest absolute Gasteiger partial charge is 0.309 e. The number of hydrogen-bond acceptors (Lipinski definition) is 4. The van der Waals surface area contributed by atoms with Crippen LogP contribution in [0.4, 0.5) is 0 Å². The summed E-state index contributed by atoms with van der Waals surface area (Å²) in [7, 11) is 2.07.